The van der Waals surface area contributed by atoms with E-state index in [1.807, 2.05) is 13.3 Å². The molecule has 0 aromatic heterocycles. The number of nitrogens with zero attached hydrogens (tertiary/aromatic N) is 1. The maximum Gasteiger partial charge on any atom is 0.0738 e. The minimum Gasteiger partial charge on any atom is -0.147 e. The average molecular weight is 123 g/mol. The molecule has 0 aliphatic carbocycles. The zero-order valence-corrected chi connectivity index (χ0v) is 5.70. The fraction of sp³-hybridized carbons (Fsp3) is 1.00. The van der Waals surface area contributed by atoms with E-state index < -0.39 is 0 Å². The SMILES string of the molecule is CP(C)PN=O. The molecule has 0 spiro atoms. The van der Waals surface area contributed by atoms with E-state index in [4.69, 9.17) is 0 Å². The largest absolute Gasteiger partial charge is 0.147 e. The number of hydrogen-bond acceptors (Lipinski definition) is 2. The zero-order valence-electron chi connectivity index (χ0n) is 3.80. The van der Waals surface area contributed by atoms with E-state index in [1.54, 1.807) is 0 Å². The molecule has 2 nitrogen and oxygen atoms in total. The summed E-state index contributed by atoms with van der Waals surface area (Å²) in [5, 5.41) is 0. The van der Waals surface area contributed by atoms with E-state index in [2.05, 4.69) is 4.95 Å². The van der Waals surface area contributed by atoms with Crippen LogP contribution < -0.4 is 0 Å². The molecule has 1 unspecified atom stereocenters. The Balaban J connectivity index is 2.81. The fourth-order valence-corrected chi connectivity index (χ4v) is 0.735. The van der Waals surface area contributed by atoms with E-state index in [0.29, 0.717) is 8.42 Å². The molecule has 0 N–H and O–H groups in total. The molecule has 0 aromatic rings. The van der Waals surface area contributed by atoms with Gasteiger partial charge in [0.15, 0.2) is 0 Å². The fourth-order valence-electron chi connectivity index (χ4n) is 0.0816. The highest BCUT2D eigenvalue weighted by Gasteiger charge is 1.85. The second-order valence-electron chi connectivity index (χ2n) is 1.09. The van der Waals surface area contributed by atoms with Crippen molar-refractivity contribution in [2.75, 3.05) is 13.3 Å². The second kappa shape index (κ2) is 3.64. The number of hydrogen-bond donors (Lipinski definition) is 0. The average Bonchev–Trinajstić information content (AvgIpc) is 1.35. The molecule has 0 heterocycles. The Morgan fingerprint density at radius 3 is 2.17 bits per heavy atom. The summed E-state index contributed by atoms with van der Waals surface area (Å²) in [7, 11) is 0.254. The van der Waals surface area contributed by atoms with Crippen LogP contribution in [0.3, 0.4) is 0 Å². The lowest BCUT2D eigenvalue weighted by atomic mass is 11.9. The monoisotopic (exact) mass is 123 g/mol. The third kappa shape index (κ3) is 4.46. The van der Waals surface area contributed by atoms with Crippen LogP contribution in [-0.4, -0.2) is 13.3 Å². The summed E-state index contributed by atoms with van der Waals surface area (Å²) < 4.78 is 0. The van der Waals surface area contributed by atoms with Crippen LogP contribution in [0.4, 0.5) is 0 Å². The van der Waals surface area contributed by atoms with Crippen molar-refractivity contribution in [2.24, 2.45) is 4.95 Å². The van der Waals surface area contributed by atoms with Crippen molar-refractivity contribution in [3.05, 3.63) is 4.91 Å². The molecule has 4 heteroatoms. The Hall–Kier alpha value is 0.460. The predicted octanol–water partition coefficient (Wildman–Crippen LogP) is 2.00. The molecule has 0 saturated carbocycles. The van der Waals surface area contributed by atoms with Crippen molar-refractivity contribution in [1.29, 1.82) is 0 Å². The van der Waals surface area contributed by atoms with Crippen LogP contribution in [0, 0.1) is 4.91 Å². The summed E-state index contributed by atoms with van der Waals surface area (Å²) in [6.45, 7) is 4.07. The molecule has 0 amide bonds. The normalized spacial score (nSPS) is 11.2. The molecular formula is C2H7NOP2. The van der Waals surface area contributed by atoms with Crippen LogP contribution in [0.15, 0.2) is 4.95 Å². The second-order valence-corrected chi connectivity index (χ2v) is 6.54. The van der Waals surface area contributed by atoms with Gasteiger partial charge >= 0.3 is 0 Å². The summed E-state index contributed by atoms with van der Waals surface area (Å²) in [5.41, 5.74) is 0. The third-order valence-corrected chi connectivity index (χ3v) is 2.17. The minimum absolute atomic E-state index is 0.0520. The van der Waals surface area contributed by atoms with Gasteiger partial charge in [-0.1, -0.05) is 7.61 Å². The smallest absolute Gasteiger partial charge is 0.0738 e. The number of rotatable bonds is 2. The maximum absolute atomic E-state index is 9.39. The van der Waals surface area contributed by atoms with Crippen LogP contribution in [0.25, 0.3) is 0 Å². The Morgan fingerprint density at radius 2 is 2.17 bits per heavy atom. The Kier molecular flexibility index (Phi) is 3.92. The molecule has 0 saturated heterocycles. The molecular weight excluding hydrogens is 116 g/mol. The topological polar surface area (TPSA) is 29.4 Å². The molecule has 6 heavy (non-hydrogen) atoms. The first-order chi connectivity index (χ1) is 2.77. The van der Waals surface area contributed by atoms with Crippen LogP contribution in [0.2, 0.25) is 0 Å². The lowest BCUT2D eigenvalue weighted by Gasteiger charge is -1.89. The van der Waals surface area contributed by atoms with Crippen LogP contribution in [0.5, 0.6) is 0 Å². The van der Waals surface area contributed by atoms with Gasteiger partial charge in [0.1, 0.15) is 0 Å². The quantitative estimate of drug-likeness (QED) is 0.407. The Bertz CT molecular complexity index is 46.8. The maximum atomic E-state index is 9.39. The van der Waals surface area contributed by atoms with Crippen LogP contribution >= 0.6 is 16.0 Å². The van der Waals surface area contributed by atoms with Crippen molar-refractivity contribution < 1.29 is 0 Å². The first kappa shape index (κ1) is 6.46. The van der Waals surface area contributed by atoms with E-state index >= 15 is 0 Å². The summed E-state index contributed by atoms with van der Waals surface area (Å²) in [5.74, 6) is 0. The summed E-state index contributed by atoms with van der Waals surface area (Å²) in [6, 6.07) is 0. The lowest BCUT2D eigenvalue weighted by Crippen LogP contribution is -1.43. The van der Waals surface area contributed by atoms with Gasteiger partial charge in [-0.05, 0) is 18.3 Å². The highest BCUT2D eigenvalue weighted by molar-refractivity contribution is 8.20. The third-order valence-electron chi connectivity index (χ3n) is 0.241. The first-order valence-corrected chi connectivity index (χ1v) is 5.55. The molecule has 36 valence electrons. The molecule has 0 rings (SSSR count). The minimum atomic E-state index is -0.0520. The van der Waals surface area contributed by atoms with Crippen LogP contribution in [0.1, 0.15) is 0 Å². The van der Waals surface area contributed by atoms with E-state index in [9.17, 15) is 4.91 Å². The summed E-state index contributed by atoms with van der Waals surface area (Å²) >= 11 is 0. The standard InChI is InChI=1S/C2H7NOP2/c1-6(2)5-3-4/h5H,1-2H3. The molecule has 0 radical (unpaired) electrons. The zero-order chi connectivity index (χ0) is 4.99. The van der Waals surface area contributed by atoms with Gasteiger partial charge in [-0.3, -0.25) is 0 Å². The van der Waals surface area contributed by atoms with Crippen molar-refractivity contribution in [3.63, 3.8) is 0 Å². The van der Waals surface area contributed by atoms with Crippen molar-refractivity contribution in [1.82, 2.24) is 0 Å². The van der Waals surface area contributed by atoms with Crippen molar-refractivity contribution >= 4 is 16.0 Å². The molecule has 0 aliphatic heterocycles. The molecule has 1 atom stereocenters. The van der Waals surface area contributed by atoms with E-state index in [-0.39, 0.29) is 7.61 Å². The van der Waals surface area contributed by atoms with Gasteiger partial charge in [0.05, 0.1) is 8.42 Å². The van der Waals surface area contributed by atoms with Crippen molar-refractivity contribution in [3.8, 4) is 0 Å². The molecule has 0 aromatic carbocycles. The number of nitroso groups, excluding NO2 is 1. The predicted molar refractivity (Wildman–Crippen MR) is 32.9 cm³/mol. The van der Waals surface area contributed by atoms with Crippen LogP contribution in [-0.2, 0) is 0 Å². The Morgan fingerprint density at radius 1 is 1.67 bits per heavy atom. The van der Waals surface area contributed by atoms with Gasteiger partial charge in [0.2, 0.25) is 0 Å². The van der Waals surface area contributed by atoms with Gasteiger partial charge in [-0.15, -0.1) is 4.91 Å². The lowest BCUT2D eigenvalue weighted by molar-refractivity contribution is 1.88. The van der Waals surface area contributed by atoms with Gasteiger partial charge in [0, 0.05) is 0 Å². The van der Waals surface area contributed by atoms with E-state index in [0.717, 1.165) is 0 Å². The van der Waals surface area contributed by atoms with Gasteiger partial charge < -0.3 is 0 Å². The highest BCUT2D eigenvalue weighted by atomic mass is 32.1. The highest BCUT2D eigenvalue weighted by Crippen LogP contribution is 2.48. The van der Waals surface area contributed by atoms with Crippen molar-refractivity contribution in [2.45, 2.75) is 0 Å². The molecule has 0 bridgehead atoms. The van der Waals surface area contributed by atoms with E-state index in [1.165, 1.54) is 0 Å². The molecule has 0 aliphatic rings. The van der Waals surface area contributed by atoms with Gasteiger partial charge in [0.25, 0.3) is 0 Å². The van der Waals surface area contributed by atoms with Gasteiger partial charge in [-0.2, -0.15) is 0 Å². The first-order valence-electron chi connectivity index (χ1n) is 1.52. The Labute approximate surface area is 40.2 Å². The molecule has 0 fully saturated rings. The van der Waals surface area contributed by atoms with Gasteiger partial charge in [-0.25, -0.2) is 0 Å². The summed E-state index contributed by atoms with van der Waals surface area (Å²) in [4.78, 5) is 12.1. The summed E-state index contributed by atoms with van der Waals surface area (Å²) in [6.07, 6.45) is 0.